The van der Waals surface area contributed by atoms with Crippen LogP contribution in [0.4, 0.5) is 11.5 Å². The largest absolute Gasteiger partial charge is 0.388 e. The van der Waals surface area contributed by atoms with Crippen LogP contribution in [-0.2, 0) is 0 Å². The topological polar surface area (TPSA) is 74.8 Å². The highest BCUT2D eigenvalue weighted by molar-refractivity contribution is 7.59. The van der Waals surface area contributed by atoms with Gasteiger partial charge in [-0.05, 0) is 50.0 Å². The highest BCUT2D eigenvalue weighted by atomic mass is 32.1. The van der Waals surface area contributed by atoms with E-state index in [2.05, 4.69) is 50.2 Å². The van der Waals surface area contributed by atoms with Gasteiger partial charge in [0.05, 0.1) is 11.2 Å². The average molecular weight is 383 g/mol. The van der Waals surface area contributed by atoms with E-state index in [-0.39, 0.29) is 13.5 Å². The van der Waals surface area contributed by atoms with Crippen LogP contribution < -0.4 is 16.0 Å². The first-order valence-corrected chi connectivity index (χ1v) is 9.18. The van der Waals surface area contributed by atoms with Crippen LogP contribution in [0, 0.1) is 5.92 Å². The van der Waals surface area contributed by atoms with E-state index >= 15 is 0 Å². The van der Waals surface area contributed by atoms with Crippen molar-refractivity contribution >= 4 is 36.0 Å². The van der Waals surface area contributed by atoms with Crippen LogP contribution in [0.25, 0.3) is 22.3 Å². The minimum absolute atomic E-state index is 0. The van der Waals surface area contributed by atoms with E-state index in [0.29, 0.717) is 5.92 Å². The molecule has 0 unspecified atom stereocenters. The minimum Gasteiger partial charge on any atom is -0.388 e. The molecule has 3 N–H and O–H groups in total. The maximum absolute atomic E-state index is 4.86. The Bertz CT molecular complexity index is 877. The third kappa shape index (κ3) is 4.48. The lowest BCUT2D eigenvalue weighted by Crippen LogP contribution is -2.33. The van der Waals surface area contributed by atoms with E-state index < -0.39 is 0 Å². The fourth-order valence-corrected chi connectivity index (χ4v) is 3.39. The summed E-state index contributed by atoms with van der Waals surface area (Å²) in [5.41, 5.74) is 4.74. The zero-order valence-electron chi connectivity index (χ0n) is 15.5. The normalized spacial score (nSPS) is 16.6. The molecule has 3 aromatic rings. The molecule has 1 aliphatic rings. The molecule has 0 saturated carbocycles. The fourth-order valence-electron chi connectivity index (χ4n) is 3.39. The summed E-state index contributed by atoms with van der Waals surface area (Å²) in [5, 5.41) is 10.1. The van der Waals surface area contributed by atoms with Gasteiger partial charge in [0.15, 0.2) is 5.82 Å². The number of pyridine rings is 1. The third-order valence-electron chi connectivity index (χ3n) is 4.88. The molecule has 2 aromatic heterocycles. The number of hydrogen-bond acceptors (Lipinski definition) is 6. The molecule has 142 valence electrons. The molecule has 1 aromatic carbocycles. The van der Waals surface area contributed by atoms with Crippen LogP contribution in [0.3, 0.4) is 0 Å². The summed E-state index contributed by atoms with van der Waals surface area (Å²) in [7, 11) is 1.92. The molecule has 0 amide bonds. The van der Waals surface area contributed by atoms with Crippen molar-refractivity contribution in [3.05, 3.63) is 42.7 Å². The number of aromatic nitrogens is 3. The molecule has 27 heavy (non-hydrogen) atoms. The summed E-state index contributed by atoms with van der Waals surface area (Å²) >= 11 is 0. The van der Waals surface area contributed by atoms with E-state index in [9.17, 15) is 0 Å². The summed E-state index contributed by atoms with van der Waals surface area (Å²) in [4.78, 5) is 13.8. The zero-order chi connectivity index (χ0) is 17.8. The molecule has 1 aliphatic heterocycles. The van der Waals surface area contributed by atoms with Gasteiger partial charge in [0.2, 0.25) is 0 Å². The van der Waals surface area contributed by atoms with Crippen molar-refractivity contribution in [1.29, 1.82) is 0 Å². The predicted molar refractivity (Wildman–Crippen MR) is 117 cm³/mol. The molecule has 1 fully saturated rings. The SMILES string of the molecule is CNc1ccc(-c2cc3nccnc3c(NC[C@H]3CCCNC3)n2)cc1.S. The van der Waals surface area contributed by atoms with Crippen molar-refractivity contribution in [2.24, 2.45) is 5.92 Å². The van der Waals surface area contributed by atoms with Gasteiger partial charge in [0, 0.05) is 37.2 Å². The van der Waals surface area contributed by atoms with Crippen molar-refractivity contribution in [2.45, 2.75) is 12.8 Å². The second-order valence-electron chi connectivity index (χ2n) is 6.70. The van der Waals surface area contributed by atoms with Crippen molar-refractivity contribution in [3.8, 4) is 11.3 Å². The first-order chi connectivity index (χ1) is 12.8. The lowest BCUT2D eigenvalue weighted by molar-refractivity contribution is 0.392. The molecular formula is C20H26N6S. The van der Waals surface area contributed by atoms with E-state index in [1.165, 1.54) is 12.8 Å². The van der Waals surface area contributed by atoms with Gasteiger partial charge in [-0.15, -0.1) is 0 Å². The molecule has 7 heteroatoms. The van der Waals surface area contributed by atoms with Gasteiger partial charge in [-0.25, -0.2) is 9.97 Å². The lowest BCUT2D eigenvalue weighted by atomic mass is 10.00. The summed E-state index contributed by atoms with van der Waals surface area (Å²) in [6, 6.07) is 10.3. The second-order valence-corrected chi connectivity index (χ2v) is 6.70. The summed E-state index contributed by atoms with van der Waals surface area (Å²) in [6.07, 6.45) is 5.93. The molecule has 0 aliphatic carbocycles. The number of hydrogen-bond donors (Lipinski definition) is 3. The third-order valence-corrected chi connectivity index (χ3v) is 4.88. The Kier molecular flexibility index (Phi) is 6.47. The van der Waals surface area contributed by atoms with Crippen molar-refractivity contribution in [2.75, 3.05) is 37.3 Å². The fraction of sp³-hybridized carbons (Fsp3) is 0.350. The van der Waals surface area contributed by atoms with Gasteiger partial charge in [-0.3, -0.25) is 4.98 Å². The zero-order valence-corrected chi connectivity index (χ0v) is 16.5. The Hall–Kier alpha value is -2.38. The van der Waals surface area contributed by atoms with Crippen molar-refractivity contribution < 1.29 is 0 Å². The molecule has 6 nitrogen and oxygen atoms in total. The van der Waals surface area contributed by atoms with E-state index in [4.69, 9.17) is 4.98 Å². The Balaban J connectivity index is 0.00000210. The van der Waals surface area contributed by atoms with Crippen LogP contribution in [0.2, 0.25) is 0 Å². The monoisotopic (exact) mass is 382 g/mol. The van der Waals surface area contributed by atoms with E-state index in [0.717, 1.165) is 53.4 Å². The van der Waals surface area contributed by atoms with E-state index in [1.807, 2.05) is 13.1 Å². The second kappa shape index (κ2) is 9.01. The van der Waals surface area contributed by atoms with Gasteiger partial charge in [0.25, 0.3) is 0 Å². The standard InChI is InChI=1S/C20H24N6.H2S/c1-21-16-6-4-15(5-7-16)17-11-18-19(24-10-9-23-18)20(26-17)25-13-14-3-2-8-22-12-14;/h4-7,9-11,14,21-22H,2-3,8,12-13H2,1H3,(H,25,26);1H2/t14-;/m0./s1. The number of anilines is 2. The molecule has 4 rings (SSSR count). The van der Waals surface area contributed by atoms with Crippen LogP contribution in [0.15, 0.2) is 42.7 Å². The van der Waals surface area contributed by atoms with Crippen LogP contribution >= 0.6 is 13.5 Å². The van der Waals surface area contributed by atoms with Crippen LogP contribution in [-0.4, -0.2) is 41.6 Å². The highest BCUT2D eigenvalue weighted by Crippen LogP contribution is 2.26. The molecular weight excluding hydrogens is 356 g/mol. The molecule has 0 bridgehead atoms. The predicted octanol–water partition coefficient (Wildman–Crippen LogP) is 3.26. The number of piperidine rings is 1. The average Bonchev–Trinajstić information content (AvgIpc) is 2.72. The van der Waals surface area contributed by atoms with Gasteiger partial charge in [-0.1, -0.05) is 12.1 Å². The van der Waals surface area contributed by atoms with Crippen molar-refractivity contribution in [1.82, 2.24) is 20.3 Å². The van der Waals surface area contributed by atoms with Gasteiger partial charge in [-0.2, -0.15) is 13.5 Å². The lowest BCUT2D eigenvalue weighted by Gasteiger charge is -2.23. The first-order valence-electron chi connectivity index (χ1n) is 9.18. The molecule has 0 radical (unpaired) electrons. The van der Waals surface area contributed by atoms with Crippen LogP contribution in [0.5, 0.6) is 0 Å². The molecule has 1 saturated heterocycles. The molecule has 3 heterocycles. The van der Waals surface area contributed by atoms with Gasteiger partial charge < -0.3 is 16.0 Å². The number of fused-ring (bicyclic) bond motifs is 1. The number of nitrogens with one attached hydrogen (secondary N) is 3. The smallest absolute Gasteiger partial charge is 0.154 e. The number of rotatable bonds is 5. The van der Waals surface area contributed by atoms with E-state index in [1.54, 1.807) is 12.4 Å². The minimum atomic E-state index is 0. The Labute approximate surface area is 166 Å². The molecule has 0 spiro atoms. The van der Waals surface area contributed by atoms with Gasteiger partial charge in [0.1, 0.15) is 5.52 Å². The van der Waals surface area contributed by atoms with Crippen molar-refractivity contribution in [3.63, 3.8) is 0 Å². The summed E-state index contributed by atoms with van der Waals surface area (Å²) in [5.74, 6) is 1.43. The Morgan fingerprint density at radius 2 is 1.96 bits per heavy atom. The maximum atomic E-state index is 4.86. The van der Waals surface area contributed by atoms with Gasteiger partial charge >= 0.3 is 0 Å². The van der Waals surface area contributed by atoms with Crippen LogP contribution in [0.1, 0.15) is 12.8 Å². The summed E-state index contributed by atoms with van der Waals surface area (Å²) in [6.45, 7) is 3.08. The molecule has 1 atom stereocenters. The first kappa shape index (κ1) is 19.4. The number of benzene rings is 1. The maximum Gasteiger partial charge on any atom is 0.154 e. The quantitative estimate of drug-likeness (QED) is 0.629. The Morgan fingerprint density at radius 3 is 2.70 bits per heavy atom. The summed E-state index contributed by atoms with van der Waals surface area (Å²) < 4.78 is 0. The Morgan fingerprint density at radius 1 is 1.15 bits per heavy atom. The highest BCUT2D eigenvalue weighted by Gasteiger charge is 2.15. The number of nitrogens with zero attached hydrogens (tertiary/aromatic N) is 3.